The number of nitrogens with zero attached hydrogens (tertiary/aromatic N) is 1. The highest BCUT2D eigenvalue weighted by Crippen LogP contribution is 2.36. The van der Waals surface area contributed by atoms with Crippen molar-refractivity contribution in [1.82, 2.24) is 10.7 Å². The minimum Gasteiger partial charge on any atom is -0.493 e. The third-order valence-corrected chi connectivity index (χ3v) is 4.03. The molecule has 0 saturated heterocycles. The van der Waals surface area contributed by atoms with Gasteiger partial charge in [-0.1, -0.05) is 35.3 Å². The molecule has 0 aliphatic heterocycles. The fourth-order valence-corrected chi connectivity index (χ4v) is 2.65. The summed E-state index contributed by atoms with van der Waals surface area (Å²) in [5, 5.41) is 8.55. The monoisotopic (exact) mass is 411 g/mol. The lowest BCUT2D eigenvalue weighted by Gasteiger charge is -2.13. The summed E-state index contributed by atoms with van der Waals surface area (Å²) in [5.74, 6) is 0.986. The minimum atomic E-state index is 0.346. The van der Waals surface area contributed by atoms with E-state index in [9.17, 15) is 0 Å². The van der Waals surface area contributed by atoms with Crippen LogP contribution in [0, 0.1) is 0 Å². The summed E-state index contributed by atoms with van der Waals surface area (Å²) in [4.78, 5) is 0. The highest BCUT2D eigenvalue weighted by molar-refractivity contribution is 7.80. The Morgan fingerprint density at radius 3 is 2.62 bits per heavy atom. The number of hydrogen-bond donors (Lipinski definition) is 2. The molecule has 0 unspecified atom stereocenters. The van der Waals surface area contributed by atoms with Gasteiger partial charge in [0.1, 0.15) is 6.61 Å². The number of hydrazone groups is 1. The molecule has 2 rings (SSSR count). The number of nitrogens with one attached hydrogen (secondary N) is 2. The van der Waals surface area contributed by atoms with Crippen molar-refractivity contribution in [3.63, 3.8) is 0 Å². The number of benzene rings is 2. The van der Waals surface area contributed by atoms with Crippen LogP contribution in [0.5, 0.6) is 11.5 Å². The van der Waals surface area contributed by atoms with Crippen molar-refractivity contribution < 1.29 is 9.47 Å². The molecule has 0 amide bonds. The number of methoxy groups -OCH3 is 1. The van der Waals surface area contributed by atoms with E-state index >= 15 is 0 Å². The summed E-state index contributed by atoms with van der Waals surface area (Å²) < 4.78 is 11.2. The molecule has 0 bridgehead atoms. The first-order valence-corrected chi connectivity index (χ1v) is 9.01. The maximum Gasteiger partial charge on any atom is 0.186 e. The first kappa shape index (κ1) is 20.3. The van der Waals surface area contributed by atoms with Crippen LogP contribution < -0.4 is 20.2 Å². The van der Waals surface area contributed by atoms with Crippen molar-refractivity contribution in [2.45, 2.75) is 13.5 Å². The molecule has 0 aliphatic carbocycles. The maximum atomic E-state index is 6.35. The van der Waals surface area contributed by atoms with Crippen LogP contribution in [0.15, 0.2) is 41.5 Å². The topological polar surface area (TPSA) is 54.9 Å². The molecule has 0 radical (unpaired) electrons. The van der Waals surface area contributed by atoms with Crippen LogP contribution in [-0.2, 0) is 6.61 Å². The van der Waals surface area contributed by atoms with Gasteiger partial charge in [0, 0.05) is 11.6 Å². The largest absolute Gasteiger partial charge is 0.493 e. The Hall–Kier alpha value is -2.02. The lowest BCUT2D eigenvalue weighted by atomic mass is 10.2. The summed E-state index contributed by atoms with van der Waals surface area (Å²) in [6, 6.07) is 10.9. The van der Waals surface area contributed by atoms with Gasteiger partial charge < -0.3 is 14.8 Å². The fourth-order valence-electron chi connectivity index (χ4n) is 2.06. The van der Waals surface area contributed by atoms with E-state index < -0.39 is 0 Å². The van der Waals surface area contributed by atoms with Crippen LogP contribution >= 0.6 is 35.4 Å². The van der Waals surface area contributed by atoms with E-state index in [-0.39, 0.29) is 0 Å². The van der Waals surface area contributed by atoms with Crippen LogP contribution in [-0.4, -0.2) is 25.0 Å². The van der Waals surface area contributed by atoms with Gasteiger partial charge in [-0.05, 0) is 54.5 Å². The van der Waals surface area contributed by atoms with Crippen molar-refractivity contribution in [2.75, 3.05) is 13.7 Å². The molecule has 0 spiro atoms. The second kappa shape index (κ2) is 10.2. The maximum absolute atomic E-state index is 6.35. The predicted molar refractivity (Wildman–Crippen MR) is 111 cm³/mol. The molecule has 0 atom stereocenters. The molecule has 5 nitrogen and oxygen atoms in total. The molecule has 0 fully saturated rings. The average Bonchev–Trinajstić information content (AvgIpc) is 2.62. The van der Waals surface area contributed by atoms with Crippen LogP contribution in [0.3, 0.4) is 0 Å². The van der Waals surface area contributed by atoms with Gasteiger partial charge in [-0.3, -0.25) is 5.43 Å². The second-order valence-electron chi connectivity index (χ2n) is 5.18. The van der Waals surface area contributed by atoms with Gasteiger partial charge >= 0.3 is 0 Å². The summed E-state index contributed by atoms with van der Waals surface area (Å²) in [7, 11) is 1.56. The third kappa shape index (κ3) is 6.05. The fraction of sp³-hybridized carbons (Fsp3) is 0.222. The molecule has 0 heterocycles. The van der Waals surface area contributed by atoms with Crippen molar-refractivity contribution in [3.05, 3.63) is 57.6 Å². The normalized spacial score (nSPS) is 10.6. The molecule has 0 aromatic heterocycles. The minimum absolute atomic E-state index is 0.346. The Kier molecular flexibility index (Phi) is 7.97. The van der Waals surface area contributed by atoms with E-state index in [2.05, 4.69) is 15.8 Å². The smallest absolute Gasteiger partial charge is 0.186 e. The molecule has 8 heteroatoms. The highest BCUT2D eigenvalue weighted by Gasteiger charge is 2.12. The second-order valence-corrected chi connectivity index (χ2v) is 6.43. The SMILES string of the molecule is CCNC(=S)NN=Cc1cc(Cl)c(OCc2ccc(Cl)cc2)c(OC)c1. The molecule has 2 N–H and O–H groups in total. The van der Waals surface area contributed by atoms with E-state index in [1.807, 2.05) is 31.2 Å². The zero-order chi connectivity index (χ0) is 18.9. The Labute approximate surface area is 168 Å². The molecule has 2 aromatic carbocycles. The van der Waals surface area contributed by atoms with Gasteiger partial charge in [-0.25, -0.2) is 0 Å². The van der Waals surface area contributed by atoms with Crippen molar-refractivity contribution in [1.29, 1.82) is 0 Å². The predicted octanol–water partition coefficient (Wildman–Crippen LogP) is 4.40. The van der Waals surface area contributed by atoms with E-state index in [1.54, 1.807) is 25.5 Å². The Morgan fingerprint density at radius 1 is 1.23 bits per heavy atom. The lowest BCUT2D eigenvalue weighted by Crippen LogP contribution is -2.31. The van der Waals surface area contributed by atoms with Crippen LogP contribution in [0.1, 0.15) is 18.1 Å². The Bertz CT molecular complexity index is 783. The molecular weight excluding hydrogens is 393 g/mol. The van der Waals surface area contributed by atoms with Crippen molar-refractivity contribution in [2.24, 2.45) is 5.10 Å². The van der Waals surface area contributed by atoms with E-state index in [0.717, 1.165) is 17.7 Å². The summed E-state index contributed by atoms with van der Waals surface area (Å²) >= 11 is 17.3. The van der Waals surface area contributed by atoms with Gasteiger partial charge in [-0.15, -0.1) is 0 Å². The van der Waals surface area contributed by atoms with E-state index in [0.29, 0.717) is 33.3 Å². The number of halogens is 2. The molecule has 26 heavy (non-hydrogen) atoms. The molecule has 0 aliphatic rings. The summed E-state index contributed by atoms with van der Waals surface area (Å²) in [6.07, 6.45) is 1.60. The number of thiocarbonyl (C=S) groups is 1. The van der Waals surface area contributed by atoms with Crippen LogP contribution in [0.25, 0.3) is 0 Å². The van der Waals surface area contributed by atoms with Crippen LogP contribution in [0.4, 0.5) is 0 Å². The Balaban J connectivity index is 2.09. The molecule has 0 saturated carbocycles. The average molecular weight is 412 g/mol. The first-order chi connectivity index (χ1) is 12.5. The number of rotatable bonds is 7. The van der Waals surface area contributed by atoms with Crippen molar-refractivity contribution >= 4 is 46.7 Å². The van der Waals surface area contributed by atoms with Crippen LogP contribution in [0.2, 0.25) is 10.0 Å². The number of hydrogen-bond acceptors (Lipinski definition) is 4. The van der Waals surface area contributed by atoms with Gasteiger partial charge in [0.25, 0.3) is 0 Å². The van der Waals surface area contributed by atoms with Gasteiger partial charge in [0.05, 0.1) is 18.3 Å². The zero-order valence-electron chi connectivity index (χ0n) is 14.4. The van der Waals surface area contributed by atoms with Gasteiger partial charge in [0.2, 0.25) is 0 Å². The summed E-state index contributed by atoms with van der Waals surface area (Å²) in [5.41, 5.74) is 4.44. The zero-order valence-corrected chi connectivity index (χ0v) is 16.7. The van der Waals surface area contributed by atoms with E-state index in [1.165, 1.54) is 0 Å². The lowest BCUT2D eigenvalue weighted by molar-refractivity contribution is 0.284. The molecule has 2 aromatic rings. The van der Waals surface area contributed by atoms with Gasteiger partial charge in [0.15, 0.2) is 16.6 Å². The van der Waals surface area contributed by atoms with Gasteiger partial charge in [-0.2, -0.15) is 5.10 Å². The Morgan fingerprint density at radius 2 is 1.96 bits per heavy atom. The first-order valence-electron chi connectivity index (χ1n) is 7.85. The van der Waals surface area contributed by atoms with E-state index in [4.69, 9.17) is 44.9 Å². The highest BCUT2D eigenvalue weighted by atomic mass is 35.5. The van der Waals surface area contributed by atoms with Crippen molar-refractivity contribution in [3.8, 4) is 11.5 Å². The number of ether oxygens (including phenoxy) is 2. The molecular formula is C18H19Cl2N3O2S. The standard InChI is InChI=1S/C18H19Cl2N3O2S/c1-3-21-18(26)23-22-10-13-8-15(20)17(16(9-13)24-2)25-11-12-4-6-14(19)7-5-12/h4-10H,3,11H2,1-2H3,(H2,21,23,26). The third-order valence-electron chi connectivity index (χ3n) is 3.27. The quantitative estimate of drug-likeness (QED) is 0.401. The molecule has 138 valence electrons. The summed E-state index contributed by atoms with van der Waals surface area (Å²) in [6.45, 7) is 3.02.